The fraction of sp³-hybridized carbons (Fsp3) is 0.900. The predicted octanol–water partition coefficient (Wildman–Crippen LogP) is 6.79. The van der Waals surface area contributed by atoms with Crippen LogP contribution in [0.3, 0.4) is 0 Å². The molecule has 0 bridgehead atoms. The van der Waals surface area contributed by atoms with Crippen LogP contribution in [0.2, 0.25) is 0 Å². The zero-order chi connectivity index (χ0) is 15.6. The van der Waals surface area contributed by atoms with Crippen molar-refractivity contribution < 1.29 is 5.11 Å². The summed E-state index contributed by atoms with van der Waals surface area (Å²) >= 11 is 0. The Balaban J connectivity index is 3.20. The first kappa shape index (κ1) is 20.7. The molecule has 0 aromatic heterocycles. The number of hydrogen-bond acceptors (Lipinski definition) is 1. The van der Waals surface area contributed by atoms with E-state index in [1.165, 1.54) is 83.5 Å². The highest BCUT2D eigenvalue weighted by atomic mass is 16.3. The Morgan fingerprint density at radius 1 is 0.667 bits per heavy atom. The molecule has 1 N–H and O–H groups in total. The number of allylic oxidation sites excluding steroid dienone is 1. The van der Waals surface area contributed by atoms with Crippen molar-refractivity contribution in [3.8, 4) is 0 Å². The van der Waals surface area contributed by atoms with Gasteiger partial charge in [0, 0.05) is 0 Å². The summed E-state index contributed by atoms with van der Waals surface area (Å²) in [6.07, 6.45) is 23.5. The van der Waals surface area contributed by atoms with Gasteiger partial charge in [0.2, 0.25) is 0 Å². The largest absolute Gasteiger partial charge is 0.393 e. The minimum absolute atomic E-state index is 0.114. The number of aliphatic hydroxyl groups is 1. The maximum absolute atomic E-state index is 9.84. The smallest absolute Gasteiger partial charge is 0.0574 e. The van der Waals surface area contributed by atoms with E-state index in [2.05, 4.69) is 26.0 Å². The topological polar surface area (TPSA) is 20.2 Å². The number of hydrogen-bond donors (Lipinski definition) is 1. The Bertz CT molecular complexity index is 210. The maximum Gasteiger partial charge on any atom is 0.0574 e. The van der Waals surface area contributed by atoms with Gasteiger partial charge in [0.15, 0.2) is 0 Å². The molecule has 0 aliphatic rings. The van der Waals surface area contributed by atoms with Gasteiger partial charge in [-0.3, -0.25) is 0 Å². The molecular formula is C20H40O. The van der Waals surface area contributed by atoms with Crippen molar-refractivity contribution in [1.82, 2.24) is 0 Å². The summed E-state index contributed by atoms with van der Waals surface area (Å²) in [4.78, 5) is 0. The highest BCUT2D eigenvalue weighted by Gasteiger charge is 2.00. The quantitative estimate of drug-likeness (QED) is 0.245. The van der Waals surface area contributed by atoms with Crippen molar-refractivity contribution in [3.63, 3.8) is 0 Å². The van der Waals surface area contributed by atoms with Crippen LogP contribution in [-0.4, -0.2) is 11.2 Å². The van der Waals surface area contributed by atoms with E-state index in [4.69, 9.17) is 0 Å². The van der Waals surface area contributed by atoms with Gasteiger partial charge in [-0.1, -0.05) is 96.6 Å². The summed E-state index contributed by atoms with van der Waals surface area (Å²) in [7, 11) is 0. The molecule has 0 fully saturated rings. The third kappa shape index (κ3) is 17.6. The molecule has 0 aromatic carbocycles. The lowest BCUT2D eigenvalue weighted by molar-refractivity contribution is 0.163. The van der Waals surface area contributed by atoms with E-state index in [-0.39, 0.29) is 6.10 Å². The lowest BCUT2D eigenvalue weighted by atomic mass is 10.1. The first-order chi connectivity index (χ1) is 10.3. The average Bonchev–Trinajstić information content (AvgIpc) is 2.49. The Labute approximate surface area is 134 Å². The maximum atomic E-state index is 9.84. The molecule has 1 nitrogen and oxygen atoms in total. The van der Waals surface area contributed by atoms with Gasteiger partial charge in [-0.25, -0.2) is 0 Å². The van der Waals surface area contributed by atoms with E-state index in [0.717, 1.165) is 12.8 Å². The van der Waals surface area contributed by atoms with Crippen LogP contribution >= 0.6 is 0 Å². The summed E-state index contributed by atoms with van der Waals surface area (Å²) in [6, 6.07) is 0. The Morgan fingerprint density at radius 3 is 1.81 bits per heavy atom. The summed E-state index contributed by atoms with van der Waals surface area (Å²) in [5.41, 5.74) is 0. The molecule has 0 aliphatic heterocycles. The van der Waals surface area contributed by atoms with Crippen molar-refractivity contribution >= 4 is 0 Å². The van der Waals surface area contributed by atoms with Crippen molar-refractivity contribution in [2.75, 3.05) is 0 Å². The second-order valence-corrected chi connectivity index (χ2v) is 6.47. The summed E-state index contributed by atoms with van der Waals surface area (Å²) in [5, 5.41) is 9.84. The predicted molar refractivity (Wildman–Crippen MR) is 95.7 cm³/mol. The molecule has 0 saturated heterocycles. The van der Waals surface area contributed by atoms with E-state index in [0.29, 0.717) is 0 Å². The van der Waals surface area contributed by atoms with Gasteiger partial charge in [0.05, 0.1) is 6.10 Å². The molecule has 0 amide bonds. The van der Waals surface area contributed by atoms with Gasteiger partial charge >= 0.3 is 0 Å². The molecular weight excluding hydrogens is 256 g/mol. The Kier molecular flexibility index (Phi) is 17.5. The molecule has 0 saturated carbocycles. The fourth-order valence-corrected chi connectivity index (χ4v) is 2.69. The van der Waals surface area contributed by atoms with Crippen LogP contribution in [0.25, 0.3) is 0 Å². The SMILES string of the molecule is CCCCCCCCCCC=CCC(O)CCCCCC. The minimum Gasteiger partial charge on any atom is -0.393 e. The van der Waals surface area contributed by atoms with E-state index in [1.54, 1.807) is 0 Å². The van der Waals surface area contributed by atoms with Gasteiger partial charge in [-0.15, -0.1) is 0 Å². The van der Waals surface area contributed by atoms with Crippen LogP contribution in [0, 0.1) is 0 Å². The molecule has 1 unspecified atom stereocenters. The highest BCUT2D eigenvalue weighted by Crippen LogP contribution is 2.11. The Morgan fingerprint density at radius 2 is 1.19 bits per heavy atom. The first-order valence-corrected chi connectivity index (χ1v) is 9.64. The van der Waals surface area contributed by atoms with Crippen LogP contribution in [0.5, 0.6) is 0 Å². The Hall–Kier alpha value is -0.300. The van der Waals surface area contributed by atoms with Crippen LogP contribution in [0.15, 0.2) is 12.2 Å². The second kappa shape index (κ2) is 17.8. The van der Waals surface area contributed by atoms with E-state index in [9.17, 15) is 5.11 Å². The third-order valence-corrected chi connectivity index (χ3v) is 4.19. The molecule has 0 rings (SSSR count). The van der Waals surface area contributed by atoms with Crippen molar-refractivity contribution in [2.45, 2.75) is 116 Å². The van der Waals surface area contributed by atoms with Crippen LogP contribution < -0.4 is 0 Å². The van der Waals surface area contributed by atoms with Gasteiger partial charge in [-0.2, -0.15) is 0 Å². The molecule has 21 heavy (non-hydrogen) atoms. The molecule has 0 heterocycles. The fourth-order valence-electron chi connectivity index (χ4n) is 2.69. The molecule has 0 radical (unpaired) electrons. The molecule has 0 aliphatic carbocycles. The molecule has 1 atom stereocenters. The number of rotatable bonds is 16. The third-order valence-electron chi connectivity index (χ3n) is 4.19. The van der Waals surface area contributed by atoms with Crippen molar-refractivity contribution in [2.24, 2.45) is 0 Å². The number of aliphatic hydroxyl groups excluding tert-OH is 1. The number of unbranched alkanes of at least 4 members (excludes halogenated alkanes) is 11. The molecule has 126 valence electrons. The minimum atomic E-state index is -0.114. The van der Waals surface area contributed by atoms with Gasteiger partial charge in [0.1, 0.15) is 0 Å². The molecule has 1 heteroatoms. The second-order valence-electron chi connectivity index (χ2n) is 6.47. The van der Waals surface area contributed by atoms with Gasteiger partial charge < -0.3 is 5.11 Å². The summed E-state index contributed by atoms with van der Waals surface area (Å²) < 4.78 is 0. The van der Waals surface area contributed by atoms with E-state index >= 15 is 0 Å². The standard InChI is InChI=1S/C20H40O/c1-3-5-7-9-10-11-12-13-14-15-17-19-20(21)18-16-8-6-4-2/h15,17,20-21H,3-14,16,18-19H2,1-2H3. The zero-order valence-electron chi connectivity index (χ0n) is 14.8. The molecule has 0 spiro atoms. The van der Waals surface area contributed by atoms with Crippen LogP contribution in [-0.2, 0) is 0 Å². The van der Waals surface area contributed by atoms with Crippen molar-refractivity contribution in [1.29, 1.82) is 0 Å². The molecule has 0 aromatic rings. The normalized spacial score (nSPS) is 13.1. The average molecular weight is 297 g/mol. The summed E-state index contributed by atoms with van der Waals surface area (Å²) in [5.74, 6) is 0. The monoisotopic (exact) mass is 296 g/mol. The van der Waals surface area contributed by atoms with Gasteiger partial charge in [0.25, 0.3) is 0 Å². The highest BCUT2D eigenvalue weighted by molar-refractivity contribution is 4.83. The summed E-state index contributed by atoms with van der Waals surface area (Å²) in [6.45, 7) is 4.50. The van der Waals surface area contributed by atoms with Crippen LogP contribution in [0.1, 0.15) is 110 Å². The van der Waals surface area contributed by atoms with E-state index in [1.807, 2.05) is 0 Å². The zero-order valence-corrected chi connectivity index (χ0v) is 14.8. The van der Waals surface area contributed by atoms with E-state index < -0.39 is 0 Å². The van der Waals surface area contributed by atoms with Crippen molar-refractivity contribution in [3.05, 3.63) is 12.2 Å². The first-order valence-electron chi connectivity index (χ1n) is 9.64. The lowest BCUT2D eigenvalue weighted by Crippen LogP contribution is -2.04. The van der Waals surface area contributed by atoms with Gasteiger partial charge in [-0.05, 0) is 25.7 Å². The lowest BCUT2D eigenvalue weighted by Gasteiger charge is -2.07. The van der Waals surface area contributed by atoms with Crippen LogP contribution in [0.4, 0.5) is 0 Å².